The predicted octanol–water partition coefficient (Wildman–Crippen LogP) is 2.91. The van der Waals surface area contributed by atoms with E-state index in [0.717, 1.165) is 63.0 Å². The highest BCUT2D eigenvalue weighted by Gasteiger charge is 2.21. The number of benzene rings is 2. The SMILES string of the molecule is CCNC(=NCc1ccc(N2CCOCC2)cc1)NCc1ccc(N2CCCC2=O)cc1. The molecule has 170 valence electrons. The summed E-state index contributed by atoms with van der Waals surface area (Å²) in [5.74, 6) is 1.01. The molecular weight excluding hydrogens is 402 g/mol. The molecule has 7 heteroatoms. The molecule has 0 bridgehead atoms. The van der Waals surface area contributed by atoms with Gasteiger partial charge >= 0.3 is 0 Å². The smallest absolute Gasteiger partial charge is 0.227 e. The molecule has 2 heterocycles. The minimum atomic E-state index is 0.218. The molecule has 2 saturated heterocycles. The molecule has 0 saturated carbocycles. The van der Waals surface area contributed by atoms with Crippen LogP contribution in [0.1, 0.15) is 30.9 Å². The van der Waals surface area contributed by atoms with E-state index in [2.05, 4.69) is 58.9 Å². The van der Waals surface area contributed by atoms with Crippen molar-refractivity contribution in [3.8, 4) is 0 Å². The summed E-state index contributed by atoms with van der Waals surface area (Å²) in [6.07, 6.45) is 1.60. The molecular formula is C25H33N5O2. The van der Waals surface area contributed by atoms with Crippen LogP contribution in [0.5, 0.6) is 0 Å². The van der Waals surface area contributed by atoms with Gasteiger partial charge in [0.25, 0.3) is 0 Å². The second-order valence-electron chi connectivity index (χ2n) is 8.13. The van der Waals surface area contributed by atoms with Gasteiger partial charge in [-0.3, -0.25) is 4.79 Å². The van der Waals surface area contributed by atoms with E-state index in [-0.39, 0.29) is 5.91 Å². The zero-order chi connectivity index (χ0) is 22.2. The number of carbonyl (C=O) groups is 1. The van der Waals surface area contributed by atoms with Gasteiger partial charge in [0, 0.05) is 50.5 Å². The van der Waals surface area contributed by atoms with E-state index in [0.29, 0.717) is 19.5 Å². The van der Waals surface area contributed by atoms with Gasteiger partial charge in [0.2, 0.25) is 5.91 Å². The summed E-state index contributed by atoms with van der Waals surface area (Å²) in [5.41, 5.74) is 4.56. The molecule has 2 aromatic carbocycles. The van der Waals surface area contributed by atoms with Crippen LogP contribution in [-0.2, 0) is 22.6 Å². The van der Waals surface area contributed by atoms with Crippen molar-refractivity contribution in [3.63, 3.8) is 0 Å². The Morgan fingerprint density at radius 2 is 1.62 bits per heavy atom. The summed E-state index contributed by atoms with van der Waals surface area (Å²) in [7, 11) is 0. The van der Waals surface area contributed by atoms with Gasteiger partial charge in [0.15, 0.2) is 5.96 Å². The predicted molar refractivity (Wildman–Crippen MR) is 129 cm³/mol. The van der Waals surface area contributed by atoms with E-state index in [1.165, 1.54) is 11.3 Å². The van der Waals surface area contributed by atoms with Gasteiger partial charge in [0.05, 0.1) is 19.8 Å². The van der Waals surface area contributed by atoms with Gasteiger partial charge in [-0.15, -0.1) is 0 Å². The number of carbonyl (C=O) groups excluding carboxylic acids is 1. The number of hydrogen-bond acceptors (Lipinski definition) is 4. The van der Waals surface area contributed by atoms with Gasteiger partial charge in [-0.1, -0.05) is 24.3 Å². The Morgan fingerprint density at radius 3 is 2.28 bits per heavy atom. The minimum Gasteiger partial charge on any atom is -0.378 e. The van der Waals surface area contributed by atoms with Crippen LogP contribution in [0, 0.1) is 0 Å². The van der Waals surface area contributed by atoms with Gasteiger partial charge in [0.1, 0.15) is 0 Å². The highest BCUT2D eigenvalue weighted by molar-refractivity contribution is 5.95. The first-order chi connectivity index (χ1) is 15.7. The zero-order valence-electron chi connectivity index (χ0n) is 18.8. The van der Waals surface area contributed by atoms with Crippen LogP contribution in [0.15, 0.2) is 53.5 Å². The van der Waals surface area contributed by atoms with Crippen molar-refractivity contribution in [1.29, 1.82) is 0 Å². The fourth-order valence-electron chi connectivity index (χ4n) is 4.05. The Bertz CT molecular complexity index is 905. The molecule has 0 spiro atoms. The third-order valence-electron chi connectivity index (χ3n) is 5.86. The van der Waals surface area contributed by atoms with Crippen LogP contribution in [0.2, 0.25) is 0 Å². The standard InChI is InChI=1S/C25H33N5O2/c1-2-26-25(27-18-20-5-9-22(10-6-20)29-14-16-32-17-15-29)28-19-21-7-11-23(12-8-21)30-13-3-4-24(30)31/h5-12H,2-4,13-19H2,1H3,(H2,26,27,28). The van der Waals surface area contributed by atoms with Crippen molar-refractivity contribution in [3.05, 3.63) is 59.7 Å². The number of nitrogens with one attached hydrogen (secondary N) is 2. The average molecular weight is 436 g/mol. The highest BCUT2D eigenvalue weighted by atomic mass is 16.5. The van der Waals surface area contributed by atoms with Crippen LogP contribution < -0.4 is 20.4 Å². The lowest BCUT2D eigenvalue weighted by molar-refractivity contribution is -0.117. The van der Waals surface area contributed by atoms with Gasteiger partial charge in [-0.2, -0.15) is 0 Å². The molecule has 0 aliphatic carbocycles. The summed E-state index contributed by atoms with van der Waals surface area (Å²) >= 11 is 0. The van der Waals surface area contributed by atoms with E-state index in [9.17, 15) is 4.79 Å². The van der Waals surface area contributed by atoms with Crippen LogP contribution in [0.25, 0.3) is 0 Å². The van der Waals surface area contributed by atoms with Gasteiger partial charge in [-0.05, 0) is 48.7 Å². The second kappa shape index (κ2) is 11.0. The maximum Gasteiger partial charge on any atom is 0.227 e. The number of aliphatic imine (C=N–C) groups is 1. The molecule has 32 heavy (non-hydrogen) atoms. The Kier molecular flexibility index (Phi) is 7.61. The molecule has 2 aliphatic heterocycles. The monoisotopic (exact) mass is 435 g/mol. The van der Waals surface area contributed by atoms with Gasteiger partial charge in [-0.25, -0.2) is 4.99 Å². The normalized spacial score (nSPS) is 17.0. The molecule has 2 fully saturated rings. The first-order valence-electron chi connectivity index (χ1n) is 11.6. The van der Waals surface area contributed by atoms with Crippen LogP contribution in [-0.4, -0.2) is 51.3 Å². The minimum absolute atomic E-state index is 0.218. The summed E-state index contributed by atoms with van der Waals surface area (Å²) in [4.78, 5) is 20.9. The molecule has 0 unspecified atom stereocenters. The second-order valence-corrected chi connectivity index (χ2v) is 8.13. The molecule has 7 nitrogen and oxygen atoms in total. The van der Waals surface area contributed by atoms with E-state index in [1.54, 1.807) is 0 Å². The van der Waals surface area contributed by atoms with Crippen molar-refractivity contribution >= 4 is 23.2 Å². The molecule has 0 aromatic heterocycles. The quantitative estimate of drug-likeness (QED) is 0.517. The van der Waals surface area contributed by atoms with Crippen LogP contribution in [0.3, 0.4) is 0 Å². The lowest BCUT2D eigenvalue weighted by atomic mass is 10.2. The number of morpholine rings is 1. The highest BCUT2D eigenvalue weighted by Crippen LogP contribution is 2.21. The summed E-state index contributed by atoms with van der Waals surface area (Å²) in [6.45, 7) is 8.47. The molecule has 1 amide bonds. The van der Waals surface area contributed by atoms with Crippen molar-refractivity contribution in [2.45, 2.75) is 32.9 Å². The van der Waals surface area contributed by atoms with Gasteiger partial charge < -0.3 is 25.2 Å². The van der Waals surface area contributed by atoms with E-state index in [4.69, 9.17) is 9.73 Å². The Balaban J connectivity index is 1.31. The largest absolute Gasteiger partial charge is 0.378 e. The number of anilines is 2. The number of guanidine groups is 1. The van der Waals surface area contributed by atoms with Crippen molar-refractivity contribution in [1.82, 2.24) is 10.6 Å². The third-order valence-corrected chi connectivity index (χ3v) is 5.86. The molecule has 4 rings (SSSR count). The Hall–Kier alpha value is -3.06. The molecule has 2 aromatic rings. The first-order valence-corrected chi connectivity index (χ1v) is 11.6. The molecule has 0 atom stereocenters. The zero-order valence-corrected chi connectivity index (χ0v) is 18.8. The number of ether oxygens (including phenoxy) is 1. The maximum absolute atomic E-state index is 11.9. The summed E-state index contributed by atoms with van der Waals surface area (Å²) in [5, 5.41) is 6.72. The maximum atomic E-state index is 11.9. The van der Waals surface area contributed by atoms with Crippen molar-refractivity contribution < 1.29 is 9.53 Å². The molecule has 2 N–H and O–H groups in total. The topological polar surface area (TPSA) is 69.2 Å². The van der Waals surface area contributed by atoms with Crippen molar-refractivity contribution in [2.24, 2.45) is 4.99 Å². The number of amides is 1. The third kappa shape index (κ3) is 5.79. The number of rotatable bonds is 7. The van der Waals surface area contributed by atoms with E-state index >= 15 is 0 Å². The van der Waals surface area contributed by atoms with Crippen LogP contribution >= 0.6 is 0 Å². The summed E-state index contributed by atoms with van der Waals surface area (Å²) in [6, 6.07) is 16.8. The number of nitrogens with zero attached hydrogens (tertiary/aromatic N) is 3. The Labute approximate surface area is 190 Å². The lowest BCUT2D eigenvalue weighted by Gasteiger charge is -2.28. The lowest BCUT2D eigenvalue weighted by Crippen LogP contribution is -2.36. The fraction of sp³-hybridized carbons (Fsp3) is 0.440. The average Bonchev–Trinajstić information content (AvgIpc) is 3.28. The van der Waals surface area contributed by atoms with Crippen LogP contribution in [0.4, 0.5) is 11.4 Å². The number of hydrogen-bond donors (Lipinski definition) is 2. The van der Waals surface area contributed by atoms with E-state index < -0.39 is 0 Å². The molecule has 2 aliphatic rings. The molecule has 0 radical (unpaired) electrons. The fourth-order valence-corrected chi connectivity index (χ4v) is 4.05. The van der Waals surface area contributed by atoms with E-state index in [1.807, 2.05) is 17.0 Å². The first kappa shape index (κ1) is 22.1. The summed E-state index contributed by atoms with van der Waals surface area (Å²) < 4.78 is 5.43. The van der Waals surface area contributed by atoms with Crippen molar-refractivity contribution in [2.75, 3.05) is 49.2 Å². The Morgan fingerprint density at radius 1 is 0.938 bits per heavy atom.